The number of nitrogens with zero attached hydrogens (tertiary/aromatic N) is 1. The quantitative estimate of drug-likeness (QED) is 0.899. The molecule has 0 radical (unpaired) electrons. The van der Waals surface area contributed by atoms with Gasteiger partial charge in [-0.05, 0) is 53.9 Å². The predicted molar refractivity (Wildman–Crippen MR) is 82.0 cm³/mol. The van der Waals surface area contributed by atoms with Crippen LogP contribution < -0.4 is 5.32 Å². The van der Waals surface area contributed by atoms with Crippen LogP contribution in [0.3, 0.4) is 0 Å². The van der Waals surface area contributed by atoms with Crippen molar-refractivity contribution in [2.75, 3.05) is 5.32 Å². The fourth-order valence-electron chi connectivity index (χ4n) is 2.92. The molecule has 1 aliphatic rings. The Morgan fingerprint density at radius 3 is 2.67 bits per heavy atom. The van der Waals surface area contributed by atoms with Crippen molar-refractivity contribution in [2.24, 2.45) is 0 Å². The van der Waals surface area contributed by atoms with Gasteiger partial charge >= 0.3 is 0 Å². The van der Waals surface area contributed by atoms with Crippen LogP contribution in [-0.4, -0.2) is 5.54 Å². The third kappa shape index (κ3) is 2.72. The molecular formula is C17H14ClFN2. The summed E-state index contributed by atoms with van der Waals surface area (Å²) in [7, 11) is 0. The van der Waals surface area contributed by atoms with E-state index in [0.29, 0.717) is 23.6 Å². The molecule has 1 unspecified atom stereocenters. The van der Waals surface area contributed by atoms with Gasteiger partial charge in [-0.2, -0.15) is 5.26 Å². The lowest BCUT2D eigenvalue weighted by atomic mass is 9.97. The highest BCUT2D eigenvalue weighted by atomic mass is 35.5. The van der Waals surface area contributed by atoms with Gasteiger partial charge in [0.25, 0.3) is 0 Å². The Kier molecular flexibility index (Phi) is 3.35. The van der Waals surface area contributed by atoms with E-state index in [0.717, 1.165) is 16.7 Å². The van der Waals surface area contributed by atoms with Gasteiger partial charge in [0.2, 0.25) is 0 Å². The molecule has 2 aromatic carbocycles. The lowest BCUT2D eigenvalue weighted by Crippen LogP contribution is -2.37. The van der Waals surface area contributed by atoms with Crippen LogP contribution in [0.15, 0.2) is 36.4 Å². The van der Waals surface area contributed by atoms with Crippen molar-refractivity contribution in [3.05, 3.63) is 63.9 Å². The first kappa shape index (κ1) is 13.9. The molecule has 1 N–H and O–H groups in total. The highest BCUT2D eigenvalue weighted by molar-refractivity contribution is 6.30. The van der Waals surface area contributed by atoms with E-state index in [-0.39, 0.29) is 5.82 Å². The summed E-state index contributed by atoms with van der Waals surface area (Å²) in [5, 5.41) is 13.5. The number of nitriles is 1. The van der Waals surface area contributed by atoms with Gasteiger partial charge in [-0.1, -0.05) is 17.7 Å². The van der Waals surface area contributed by atoms with Crippen LogP contribution >= 0.6 is 11.6 Å². The Morgan fingerprint density at radius 1 is 1.19 bits per heavy atom. The number of benzene rings is 2. The first-order valence-electron chi connectivity index (χ1n) is 6.74. The summed E-state index contributed by atoms with van der Waals surface area (Å²) in [6.07, 6.45) is 1.15. The number of rotatable bonds is 2. The highest BCUT2D eigenvalue weighted by Gasteiger charge is 2.37. The molecule has 2 aromatic rings. The molecule has 1 atom stereocenters. The third-order valence-corrected chi connectivity index (χ3v) is 4.03. The number of hydrogen-bond donors (Lipinski definition) is 1. The minimum atomic E-state index is -0.743. The number of nitrogens with one attached hydrogen (secondary N) is 1. The van der Waals surface area contributed by atoms with E-state index in [1.165, 1.54) is 12.1 Å². The molecule has 0 aromatic heterocycles. The van der Waals surface area contributed by atoms with Gasteiger partial charge in [-0.3, -0.25) is 0 Å². The van der Waals surface area contributed by atoms with Gasteiger partial charge in [0.15, 0.2) is 0 Å². The molecule has 106 valence electrons. The zero-order valence-electron chi connectivity index (χ0n) is 11.6. The van der Waals surface area contributed by atoms with Crippen LogP contribution in [0.1, 0.15) is 16.7 Å². The molecule has 1 aliphatic carbocycles. The average molecular weight is 301 g/mol. The van der Waals surface area contributed by atoms with Gasteiger partial charge < -0.3 is 5.32 Å². The van der Waals surface area contributed by atoms with E-state index in [1.54, 1.807) is 0 Å². The fraction of sp³-hybridized carbons (Fsp3) is 0.235. The van der Waals surface area contributed by atoms with Crippen LogP contribution in [0.5, 0.6) is 0 Å². The van der Waals surface area contributed by atoms with Crippen LogP contribution in [0.4, 0.5) is 10.1 Å². The second kappa shape index (κ2) is 5.05. The zero-order chi connectivity index (χ0) is 15.0. The lowest BCUT2D eigenvalue weighted by Gasteiger charge is -2.24. The highest BCUT2D eigenvalue weighted by Crippen LogP contribution is 2.34. The second-order valence-corrected chi connectivity index (χ2v) is 6.04. The average Bonchev–Trinajstić information content (AvgIpc) is 2.75. The summed E-state index contributed by atoms with van der Waals surface area (Å²) in [5.41, 5.74) is 2.90. The Bertz CT molecular complexity index is 731. The summed E-state index contributed by atoms with van der Waals surface area (Å²) < 4.78 is 13.5. The lowest BCUT2D eigenvalue weighted by molar-refractivity contribution is 0.615. The third-order valence-electron chi connectivity index (χ3n) is 3.79. The first-order valence-corrected chi connectivity index (χ1v) is 7.11. The van der Waals surface area contributed by atoms with Crippen LogP contribution in [-0.2, 0) is 12.8 Å². The van der Waals surface area contributed by atoms with Gasteiger partial charge in [0.1, 0.15) is 11.4 Å². The maximum absolute atomic E-state index is 13.5. The summed E-state index contributed by atoms with van der Waals surface area (Å²) >= 11 is 6.01. The molecule has 0 amide bonds. The maximum atomic E-state index is 13.5. The minimum Gasteiger partial charge on any atom is -0.367 e. The van der Waals surface area contributed by atoms with Crippen LogP contribution in [0, 0.1) is 24.1 Å². The number of hydrogen-bond acceptors (Lipinski definition) is 2. The van der Waals surface area contributed by atoms with E-state index in [9.17, 15) is 9.65 Å². The van der Waals surface area contributed by atoms with Crippen molar-refractivity contribution in [1.29, 1.82) is 5.26 Å². The molecule has 0 fully saturated rings. The minimum absolute atomic E-state index is 0.302. The smallest absolute Gasteiger partial charge is 0.133 e. The summed E-state index contributed by atoms with van der Waals surface area (Å²) in [4.78, 5) is 0. The molecule has 0 aliphatic heterocycles. The van der Waals surface area contributed by atoms with E-state index in [2.05, 4.69) is 11.4 Å². The zero-order valence-corrected chi connectivity index (χ0v) is 12.3. The van der Waals surface area contributed by atoms with Crippen molar-refractivity contribution in [3.63, 3.8) is 0 Å². The normalized spacial score (nSPS) is 19.9. The topological polar surface area (TPSA) is 35.8 Å². The molecule has 0 saturated heterocycles. The van der Waals surface area contributed by atoms with Crippen molar-refractivity contribution in [1.82, 2.24) is 0 Å². The molecule has 21 heavy (non-hydrogen) atoms. The summed E-state index contributed by atoms with van der Waals surface area (Å²) in [6.45, 7) is 1.83. The van der Waals surface area contributed by atoms with E-state index >= 15 is 0 Å². The van der Waals surface area contributed by atoms with Crippen molar-refractivity contribution in [3.8, 4) is 6.07 Å². The van der Waals surface area contributed by atoms with Crippen molar-refractivity contribution in [2.45, 2.75) is 25.3 Å². The Morgan fingerprint density at radius 2 is 1.95 bits per heavy atom. The van der Waals surface area contributed by atoms with Crippen molar-refractivity contribution < 1.29 is 4.39 Å². The molecule has 0 spiro atoms. The van der Waals surface area contributed by atoms with Crippen LogP contribution in [0.25, 0.3) is 0 Å². The molecule has 0 bridgehead atoms. The van der Waals surface area contributed by atoms with E-state index in [1.807, 2.05) is 31.2 Å². The second-order valence-electron chi connectivity index (χ2n) is 5.60. The van der Waals surface area contributed by atoms with Crippen molar-refractivity contribution >= 4 is 17.3 Å². The Labute approximate surface area is 128 Å². The Hall–Kier alpha value is -2.05. The fourth-order valence-corrected chi connectivity index (χ4v) is 3.12. The predicted octanol–water partition coefficient (Wildman–Crippen LogP) is 4.26. The molecule has 0 heterocycles. The standard InChI is InChI=1S/C17H14ClFN2/c1-11-4-15(19)7-16(5-11)21-17(10-20)8-12-2-3-14(18)6-13(12)9-17/h2-7,21H,8-9H2,1H3. The van der Waals surface area contributed by atoms with E-state index < -0.39 is 5.54 Å². The van der Waals surface area contributed by atoms with E-state index in [4.69, 9.17) is 11.6 Å². The molecular weight excluding hydrogens is 287 g/mol. The number of aryl methyl sites for hydroxylation is 1. The number of fused-ring (bicyclic) bond motifs is 1. The van der Waals surface area contributed by atoms with Gasteiger partial charge in [-0.15, -0.1) is 0 Å². The van der Waals surface area contributed by atoms with Crippen LogP contribution in [0.2, 0.25) is 5.02 Å². The Balaban J connectivity index is 1.92. The molecule has 2 nitrogen and oxygen atoms in total. The van der Waals surface area contributed by atoms with Gasteiger partial charge in [0.05, 0.1) is 6.07 Å². The number of anilines is 1. The summed E-state index contributed by atoms with van der Waals surface area (Å²) in [6, 6.07) is 12.8. The maximum Gasteiger partial charge on any atom is 0.133 e. The molecule has 0 saturated carbocycles. The molecule has 4 heteroatoms. The monoisotopic (exact) mass is 300 g/mol. The van der Waals surface area contributed by atoms with Gasteiger partial charge in [-0.25, -0.2) is 4.39 Å². The molecule has 3 rings (SSSR count). The SMILES string of the molecule is Cc1cc(F)cc(NC2(C#N)Cc3ccc(Cl)cc3C2)c1. The largest absolute Gasteiger partial charge is 0.367 e. The summed E-state index contributed by atoms with van der Waals surface area (Å²) in [5.74, 6) is -0.302. The first-order chi connectivity index (χ1) is 9.99. The van der Waals surface area contributed by atoms with Gasteiger partial charge in [0, 0.05) is 23.6 Å². The number of halogens is 2.